The van der Waals surface area contributed by atoms with Gasteiger partial charge in [-0.3, -0.25) is 4.98 Å². The summed E-state index contributed by atoms with van der Waals surface area (Å²) in [5.41, 5.74) is 10.3. The summed E-state index contributed by atoms with van der Waals surface area (Å²) in [6.45, 7) is 8.49. The van der Waals surface area contributed by atoms with Crippen LogP contribution in [0.15, 0.2) is 18.2 Å². The Morgan fingerprint density at radius 3 is 2.26 bits per heavy atom. The van der Waals surface area contributed by atoms with Crippen LogP contribution in [0.3, 0.4) is 0 Å². The van der Waals surface area contributed by atoms with Gasteiger partial charge >= 0.3 is 0 Å². The van der Waals surface area contributed by atoms with Gasteiger partial charge in [-0.25, -0.2) is 4.98 Å². The van der Waals surface area contributed by atoms with Crippen LogP contribution in [0.4, 0.5) is 11.8 Å². The number of fused-ring (bicyclic) bond motifs is 1. The van der Waals surface area contributed by atoms with Crippen LogP contribution in [0.2, 0.25) is 0 Å². The molecule has 6 heteroatoms. The average Bonchev–Trinajstić information content (AvgIpc) is 2.79. The highest BCUT2D eigenvalue weighted by atomic mass is 15.3. The smallest absolute Gasteiger partial charge is 0.222 e. The molecule has 0 spiro atoms. The first-order chi connectivity index (χ1) is 15.1. The van der Waals surface area contributed by atoms with Gasteiger partial charge in [0.25, 0.3) is 0 Å². The molecule has 4 rings (SSSR count). The Morgan fingerprint density at radius 1 is 0.839 bits per heavy atom. The standard InChI is InChI=1S/C18H24N6.C7H16/c1-23-8-10-24(11-9-23)17-12-16(21-18(19)22-17)15-7-6-13-4-2-3-5-14(13)20-15;1-3-5-7-6-4-2/h6-7,12H,2-5,8-11H2,1H3,(H2,19,21,22);3-7H2,1-2H3. The first-order valence-electron chi connectivity index (χ1n) is 12.2. The van der Waals surface area contributed by atoms with Crippen molar-refractivity contribution in [2.24, 2.45) is 0 Å². The molecule has 3 heterocycles. The molecule has 31 heavy (non-hydrogen) atoms. The van der Waals surface area contributed by atoms with Crippen LogP contribution in [-0.4, -0.2) is 53.1 Å². The zero-order valence-electron chi connectivity index (χ0n) is 19.7. The Bertz CT molecular complexity index is 810. The van der Waals surface area contributed by atoms with Gasteiger partial charge in [-0.05, 0) is 44.4 Å². The van der Waals surface area contributed by atoms with E-state index in [0.717, 1.165) is 56.2 Å². The Balaban J connectivity index is 0.000000339. The SMILES string of the molecule is CCCCCCC.CN1CCN(c2cc(-c3ccc4c(n3)CCCC4)nc(N)n2)CC1. The maximum absolute atomic E-state index is 5.98. The highest BCUT2D eigenvalue weighted by Crippen LogP contribution is 2.26. The summed E-state index contributed by atoms with van der Waals surface area (Å²) < 4.78 is 0. The predicted octanol–water partition coefficient (Wildman–Crippen LogP) is 4.73. The van der Waals surface area contributed by atoms with E-state index in [0.29, 0.717) is 5.95 Å². The largest absolute Gasteiger partial charge is 0.368 e. The molecule has 170 valence electrons. The second-order valence-corrected chi connectivity index (χ2v) is 8.83. The summed E-state index contributed by atoms with van der Waals surface area (Å²) in [4.78, 5) is 18.3. The van der Waals surface area contributed by atoms with Gasteiger partial charge in [-0.1, -0.05) is 52.0 Å². The number of anilines is 2. The lowest BCUT2D eigenvalue weighted by Gasteiger charge is -2.33. The lowest BCUT2D eigenvalue weighted by molar-refractivity contribution is 0.312. The number of unbranched alkanes of at least 4 members (excludes halogenated alkanes) is 4. The average molecular weight is 425 g/mol. The van der Waals surface area contributed by atoms with E-state index in [1.54, 1.807) is 0 Å². The summed E-state index contributed by atoms with van der Waals surface area (Å²) in [5, 5.41) is 0. The third kappa shape index (κ3) is 6.89. The van der Waals surface area contributed by atoms with Crippen molar-refractivity contribution < 1.29 is 0 Å². The minimum atomic E-state index is 0.320. The second-order valence-electron chi connectivity index (χ2n) is 8.83. The van der Waals surface area contributed by atoms with Gasteiger partial charge in [0.1, 0.15) is 5.82 Å². The zero-order chi connectivity index (χ0) is 22.1. The molecule has 2 aliphatic rings. The van der Waals surface area contributed by atoms with Crippen LogP contribution in [0.25, 0.3) is 11.4 Å². The van der Waals surface area contributed by atoms with Crippen molar-refractivity contribution in [1.29, 1.82) is 0 Å². The highest BCUT2D eigenvalue weighted by Gasteiger charge is 2.18. The summed E-state index contributed by atoms with van der Waals surface area (Å²) >= 11 is 0. The van der Waals surface area contributed by atoms with Crippen molar-refractivity contribution >= 4 is 11.8 Å². The van der Waals surface area contributed by atoms with E-state index in [4.69, 9.17) is 10.7 Å². The van der Waals surface area contributed by atoms with Gasteiger partial charge in [0, 0.05) is 37.9 Å². The number of hydrogen-bond donors (Lipinski definition) is 1. The topological polar surface area (TPSA) is 71.2 Å². The Hall–Kier alpha value is -2.21. The molecular formula is C25H40N6. The Kier molecular flexibility index (Phi) is 9.07. The number of pyridine rings is 1. The molecule has 0 aromatic carbocycles. The van der Waals surface area contributed by atoms with Crippen molar-refractivity contribution in [1.82, 2.24) is 19.9 Å². The summed E-state index contributed by atoms with van der Waals surface area (Å²) in [6.07, 6.45) is 11.7. The third-order valence-corrected chi connectivity index (χ3v) is 6.20. The monoisotopic (exact) mass is 424 g/mol. The Labute approximate surface area is 188 Å². The van der Waals surface area contributed by atoms with Gasteiger partial charge in [-0.2, -0.15) is 4.98 Å². The highest BCUT2D eigenvalue weighted by molar-refractivity contribution is 5.62. The van der Waals surface area contributed by atoms with Gasteiger partial charge in [0.15, 0.2) is 0 Å². The van der Waals surface area contributed by atoms with E-state index in [9.17, 15) is 0 Å². The molecule has 2 aromatic rings. The van der Waals surface area contributed by atoms with Crippen molar-refractivity contribution in [3.63, 3.8) is 0 Å². The fourth-order valence-corrected chi connectivity index (χ4v) is 4.18. The van der Waals surface area contributed by atoms with E-state index in [1.165, 1.54) is 56.2 Å². The molecule has 1 aliphatic heterocycles. The number of aryl methyl sites for hydroxylation is 2. The number of rotatable bonds is 6. The maximum atomic E-state index is 5.98. The van der Waals surface area contributed by atoms with E-state index >= 15 is 0 Å². The molecule has 0 saturated carbocycles. The predicted molar refractivity (Wildman–Crippen MR) is 130 cm³/mol. The number of hydrogen-bond acceptors (Lipinski definition) is 6. The minimum absolute atomic E-state index is 0.320. The molecule has 0 radical (unpaired) electrons. The number of nitrogen functional groups attached to an aromatic ring is 1. The van der Waals surface area contributed by atoms with Crippen molar-refractivity contribution in [2.45, 2.75) is 71.6 Å². The molecule has 0 amide bonds. The van der Waals surface area contributed by atoms with Crippen LogP contribution in [0.5, 0.6) is 0 Å². The summed E-state index contributed by atoms with van der Waals surface area (Å²) in [5.74, 6) is 1.23. The molecule has 1 fully saturated rings. The molecule has 2 N–H and O–H groups in total. The van der Waals surface area contributed by atoms with E-state index in [1.807, 2.05) is 6.07 Å². The Morgan fingerprint density at radius 2 is 1.55 bits per heavy atom. The number of piperazine rings is 1. The molecular weight excluding hydrogens is 384 g/mol. The van der Waals surface area contributed by atoms with Crippen molar-refractivity contribution in [3.05, 3.63) is 29.5 Å². The molecule has 1 aliphatic carbocycles. The van der Waals surface area contributed by atoms with Crippen molar-refractivity contribution in [2.75, 3.05) is 43.9 Å². The molecule has 1 saturated heterocycles. The van der Waals surface area contributed by atoms with Crippen molar-refractivity contribution in [3.8, 4) is 11.4 Å². The molecule has 0 bridgehead atoms. The molecule has 0 unspecified atom stereocenters. The normalized spacial score (nSPS) is 16.4. The van der Waals surface area contributed by atoms with Crippen LogP contribution in [-0.2, 0) is 12.8 Å². The number of likely N-dealkylation sites (N-methyl/N-ethyl adjacent to an activating group) is 1. The zero-order valence-corrected chi connectivity index (χ0v) is 19.7. The van der Waals surface area contributed by atoms with Gasteiger partial charge in [0.2, 0.25) is 5.95 Å². The molecule has 2 aromatic heterocycles. The van der Waals surface area contributed by atoms with E-state index in [2.05, 4.69) is 52.8 Å². The molecule has 0 atom stereocenters. The van der Waals surface area contributed by atoms with Gasteiger partial charge in [0.05, 0.1) is 11.4 Å². The fraction of sp³-hybridized carbons (Fsp3) is 0.640. The van der Waals surface area contributed by atoms with Gasteiger partial charge in [-0.15, -0.1) is 0 Å². The summed E-state index contributed by atoms with van der Waals surface area (Å²) in [7, 11) is 2.15. The summed E-state index contributed by atoms with van der Waals surface area (Å²) in [6, 6.07) is 6.30. The first kappa shape index (κ1) is 23.5. The number of aromatic nitrogens is 3. The number of nitrogens with two attached hydrogens (primary N) is 1. The quantitative estimate of drug-likeness (QED) is 0.676. The molecule has 6 nitrogen and oxygen atoms in total. The van der Waals surface area contributed by atoms with Crippen LogP contribution in [0.1, 0.15) is 70.1 Å². The van der Waals surface area contributed by atoms with Crippen LogP contribution < -0.4 is 10.6 Å². The fourth-order valence-electron chi connectivity index (χ4n) is 4.18. The lowest BCUT2D eigenvalue weighted by atomic mass is 9.95. The van der Waals surface area contributed by atoms with E-state index in [-0.39, 0.29) is 0 Å². The van der Waals surface area contributed by atoms with E-state index < -0.39 is 0 Å². The third-order valence-electron chi connectivity index (χ3n) is 6.20. The van der Waals surface area contributed by atoms with Crippen LogP contribution in [0, 0.1) is 0 Å². The maximum Gasteiger partial charge on any atom is 0.222 e. The second kappa shape index (κ2) is 12.0. The first-order valence-corrected chi connectivity index (χ1v) is 12.2. The minimum Gasteiger partial charge on any atom is -0.368 e. The lowest BCUT2D eigenvalue weighted by Crippen LogP contribution is -2.44. The van der Waals surface area contributed by atoms with Crippen LogP contribution >= 0.6 is 0 Å². The number of nitrogens with zero attached hydrogens (tertiary/aromatic N) is 5. The van der Waals surface area contributed by atoms with Gasteiger partial charge < -0.3 is 15.5 Å².